The van der Waals surface area contributed by atoms with Gasteiger partial charge in [0, 0.05) is 46.6 Å². The summed E-state index contributed by atoms with van der Waals surface area (Å²) in [5.74, 6) is -4.63. The fourth-order valence-corrected chi connectivity index (χ4v) is 11.1. The Morgan fingerprint density at radius 1 is 1.00 bits per heavy atom. The minimum absolute atomic E-state index is 0.0676. The van der Waals surface area contributed by atoms with Gasteiger partial charge in [-0.25, -0.2) is 14.0 Å². The van der Waals surface area contributed by atoms with E-state index < -0.39 is 70.0 Å². The monoisotopic (exact) mass is 851 g/mol. The molecule has 7 rings (SSSR count). The molecule has 11 nitrogen and oxygen atoms in total. The average molecular weight is 852 g/mol. The number of benzene rings is 2. The Bertz CT molecular complexity index is 1970. The molecule has 1 aliphatic heterocycles. The van der Waals surface area contributed by atoms with Crippen molar-refractivity contribution in [1.29, 1.82) is 0 Å². The number of aliphatic carboxylic acids is 2. The standard InChI is InChI=1S/C22H29FO5.C21H26ClNO.C4H4O4/c1-12-8-16-15-5-4-13-9-14(25)6-7-19(13,2)21(15,23)17(26)10-20(16,3)22(12,28)18(27)11-24;1-21(17-7-4-3-5-8-17,18-10-12-19(22)13-11-18)24-16-14-20-9-6-15-23(20)2;5-3(6)1-2-4(7)8/h6-7,9,12,15-17,24,26,28H,4-5,8,10-11H2,1-3H3;3-5,7-8,10-13,20H,6,9,14-16H2,1-2H3;1-2H,(H,5,6)(H,7,8)/b;;2-1+/t12-,15+,16+,17+,19+,20+,21?,22+;20-,21+;/m10./s1. The number of rotatable bonds is 10. The van der Waals surface area contributed by atoms with Crippen molar-refractivity contribution >= 4 is 35.1 Å². The van der Waals surface area contributed by atoms with E-state index >= 15 is 4.39 Å². The quantitative estimate of drug-likeness (QED) is 0.160. The molecule has 4 aliphatic carbocycles. The second-order valence-corrected chi connectivity index (χ2v) is 18.0. The van der Waals surface area contributed by atoms with Gasteiger partial charge in [0.2, 0.25) is 0 Å². The van der Waals surface area contributed by atoms with Gasteiger partial charge >= 0.3 is 11.9 Å². The van der Waals surface area contributed by atoms with Gasteiger partial charge in [-0.3, -0.25) is 9.59 Å². The number of alkyl halides is 1. The van der Waals surface area contributed by atoms with E-state index in [1.54, 1.807) is 26.8 Å². The lowest BCUT2D eigenvalue weighted by Gasteiger charge is -2.62. The van der Waals surface area contributed by atoms with Crippen LogP contribution in [0.1, 0.15) is 83.8 Å². The fraction of sp³-hybridized carbons (Fsp3) is 0.532. The van der Waals surface area contributed by atoms with E-state index in [9.17, 15) is 34.5 Å². The predicted molar refractivity (Wildman–Crippen MR) is 225 cm³/mol. The van der Waals surface area contributed by atoms with Crippen LogP contribution in [0, 0.1) is 28.6 Å². The number of aliphatic hydroxyl groups is 3. The number of hydrogen-bond acceptors (Lipinski definition) is 9. The van der Waals surface area contributed by atoms with Crippen LogP contribution in [0.2, 0.25) is 5.02 Å². The summed E-state index contributed by atoms with van der Waals surface area (Å²) in [5, 5.41) is 48.3. The van der Waals surface area contributed by atoms with Crippen molar-refractivity contribution in [2.24, 2.45) is 28.6 Å². The highest BCUT2D eigenvalue weighted by Gasteiger charge is 2.75. The molecule has 10 atom stereocenters. The van der Waals surface area contributed by atoms with Gasteiger partial charge in [-0.2, -0.15) is 0 Å². The molecule has 0 radical (unpaired) electrons. The summed E-state index contributed by atoms with van der Waals surface area (Å²) in [6.45, 7) is 8.60. The van der Waals surface area contributed by atoms with Gasteiger partial charge in [0.15, 0.2) is 17.2 Å². The van der Waals surface area contributed by atoms with Crippen LogP contribution in [0.5, 0.6) is 0 Å². The predicted octanol–water partition coefficient (Wildman–Crippen LogP) is 6.71. The molecule has 5 aliphatic rings. The number of allylic oxidation sites excluding steroid dienone is 4. The van der Waals surface area contributed by atoms with Crippen LogP contribution >= 0.6 is 11.6 Å². The van der Waals surface area contributed by atoms with Gasteiger partial charge in [-0.05, 0) is 120 Å². The SMILES string of the molecule is CN1CCC[C@H]1CCO[C@](C)(c1ccccc1)c1ccc(Cl)cc1.C[C@@H]1C[C@H]2[C@@H]3CCC4=CC(=O)C=C[C@]4(C)C3(F)[C@@H](O)C[C@]2(C)[C@@]1(O)C(=O)CO.O=C(O)/C=C/C(=O)O. The molecule has 2 aromatic rings. The third kappa shape index (κ3) is 8.69. The van der Waals surface area contributed by atoms with E-state index in [0.717, 1.165) is 23.6 Å². The molecule has 60 heavy (non-hydrogen) atoms. The Kier molecular flexibility index (Phi) is 14.5. The zero-order valence-corrected chi connectivity index (χ0v) is 35.8. The number of fused-ring (bicyclic) bond motifs is 5. The molecule has 326 valence electrons. The molecule has 0 amide bonds. The lowest BCUT2D eigenvalue weighted by Crippen LogP contribution is -2.69. The van der Waals surface area contributed by atoms with Crippen LogP contribution in [0.4, 0.5) is 4.39 Å². The largest absolute Gasteiger partial charge is 0.478 e. The highest BCUT2D eigenvalue weighted by molar-refractivity contribution is 6.30. The molecule has 5 N–H and O–H groups in total. The average Bonchev–Trinajstić information content (AvgIpc) is 3.71. The van der Waals surface area contributed by atoms with Crippen molar-refractivity contribution in [1.82, 2.24) is 4.90 Å². The lowest BCUT2D eigenvalue weighted by molar-refractivity contribution is -0.219. The minimum Gasteiger partial charge on any atom is -0.478 e. The number of carboxylic acid groups (broad SMARTS) is 2. The number of carbonyl (C=O) groups is 4. The first-order valence-electron chi connectivity index (χ1n) is 20.7. The number of carbonyl (C=O) groups excluding carboxylic acids is 2. The topological polar surface area (TPSA) is 182 Å². The molecule has 3 saturated carbocycles. The second-order valence-electron chi connectivity index (χ2n) is 17.6. The van der Waals surface area contributed by atoms with E-state index in [2.05, 4.69) is 55.3 Å². The molecule has 1 heterocycles. The van der Waals surface area contributed by atoms with Crippen LogP contribution in [0.15, 0.2) is 90.6 Å². The normalized spacial score (nSPS) is 34.1. The van der Waals surface area contributed by atoms with Gasteiger partial charge in [-0.1, -0.05) is 79.6 Å². The lowest BCUT2D eigenvalue weighted by atomic mass is 9.44. The number of ketones is 2. The summed E-state index contributed by atoms with van der Waals surface area (Å²) < 4.78 is 23.3. The first kappa shape index (κ1) is 47.0. The van der Waals surface area contributed by atoms with Gasteiger partial charge in [-0.15, -0.1) is 0 Å². The summed E-state index contributed by atoms with van der Waals surface area (Å²) in [5.41, 5.74) is -3.31. The maximum atomic E-state index is 16.9. The van der Waals surface area contributed by atoms with Crippen molar-refractivity contribution in [3.63, 3.8) is 0 Å². The third-order valence-electron chi connectivity index (χ3n) is 14.4. The zero-order chi connectivity index (χ0) is 44.3. The Hall–Kier alpha value is -4.04. The highest BCUT2D eigenvalue weighted by Crippen LogP contribution is 2.70. The molecule has 13 heteroatoms. The molecule has 0 bridgehead atoms. The van der Waals surface area contributed by atoms with E-state index in [-0.39, 0.29) is 18.1 Å². The third-order valence-corrected chi connectivity index (χ3v) is 14.6. The van der Waals surface area contributed by atoms with Crippen molar-refractivity contribution in [2.45, 2.75) is 102 Å². The summed E-state index contributed by atoms with van der Waals surface area (Å²) in [7, 11) is 2.22. The first-order valence-corrected chi connectivity index (χ1v) is 21.0. The number of likely N-dealkylation sites (tertiary alicyclic amines) is 1. The molecule has 0 spiro atoms. The summed E-state index contributed by atoms with van der Waals surface area (Å²) in [6.07, 6.45) is 9.21. The van der Waals surface area contributed by atoms with Gasteiger partial charge < -0.3 is 35.2 Å². The summed E-state index contributed by atoms with van der Waals surface area (Å²) >= 11 is 6.07. The van der Waals surface area contributed by atoms with Crippen LogP contribution in [-0.2, 0) is 29.5 Å². The van der Waals surface area contributed by atoms with Crippen LogP contribution in [-0.4, -0.2) is 104 Å². The smallest absolute Gasteiger partial charge is 0.328 e. The van der Waals surface area contributed by atoms with E-state index in [1.165, 1.54) is 37.1 Å². The number of ether oxygens (including phenoxy) is 1. The Balaban J connectivity index is 0.000000195. The Labute approximate surface area is 356 Å². The molecular weight excluding hydrogens is 793 g/mol. The zero-order valence-electron chi connectivity index (χ0n) is 35.0. The summed E-state index contributed by atoms with van der Waals surface area (Å²) in [6, 6.07) is 19.1. The molecule has 1 unspecified atom stereocenters. The minimum atomic E-state index is -1.98. The van der Waals surface area contributed by atoms with E-state index in [1.807, 2.05) is 18.2 Å². The van der Waals surface area contributed by atoms with Crippen molar-refractivity contribution in [2.75, 3.05) is 26.8 Å². The second kappa shape index (κ2) is 18.5. The summed E-state index contributed by atoms with van der Waals surface area (Å²) in [4.78, 5) is 45.9. The number of hydrogen-bond donors (Lipinski definition) is 5. The van der Waals surface area contributed by atoms with Crippen molar-refractivity contribution in [3.8, 4) is 0 Å². The Morgan fingerprint density at radius 3 is 2.18 bits per heavy atom. The maximum Gasteiger partial charge on any atom is 0.328 e. The van der Waals surface area contributed by atoms with E-state index in [4.69, 9.17) is 26.6 Å². The highest BCUT2D eigenvalue weighted by atomic mass is 35.5. The molecule has 4 fully saturated rings. The number of Topliss-reactive ketones (excluding diaryl/α,β-unsaturated/α-hetero) is 1. The van der Waals surface area contributed by atoms with Gasteiger partial charge in [0.05, 0.1) is 6.10 Å². The number of nitrogens with zero attached hydrogens (tertiary/aromatic N) is 1. The van der Waals surface area contributed by atoms with Gasteiger partial charge in [0.25, 0.3) is 0 Å². The van der Waals surface area contributed by atoms with Gasteiger partial charge in [0.1, 0.15) is 17.8 Å². The first-order chi connectivity index (χ1) is 28.2. The molecular formula is C47H59ClFNO10. The van der Waals surface area contributed by atoms with Crippen LogP contribution in [0.3, 0.4) is 0 Å². The van der Waals surface area contributed by atoms with E-state index in [0.29, 0.717) is 43.0 Å². The van der Waals surface area contributed by atoms with Crippen LogP contribution in [0.25, 0.3) is 0 Å². The number of aliphatic hydroxyl groups excluding tert-OH is 2. The number of carboxylic acids is 2. The molecule has 0 aromatic heterocycles. The van der Waals surface area contributed by atoms with Crippen molar-refractivity contribution in [3.05, 3.63) is 107 Å². The number of halogens is 2. The molecule has 1 saturated heterocycles. The maximum absolute atomic E-state index is 16.9. The Morgan fingerprint density at radius 2 is 1.62 bits per heavy atom. The van der Waals surface area contributed by atoms with Crippen LogP contribution < -0.4 is 0 Å². The molecule has 2 aromatic carbocycles. The van der Waals surface area contributed by atoms with Crippen molar-refractivity contribution < 1.29 is 53.8 Å². The fourth-order valence-electron chi connectivity index (χ4n) is 11.0.